The minimum atomic E-state index is -0.451. The van der Waals surface area contributed by atoms with Crippen LogP contribution in [0.2, 0.25) is 0 Å². The molecule has 6 heteroatoms. The van der Waals surface area contributed by atoms with Crippen LogP contribution in [0.3, 0.4) is 0 Å². The summed E-state index contributed by atoms with van der Waals surface area (Å²) in [6.07, 6.45) is 4.64. The molecule has 0 radical (unpaired) electrons. The number of hydrogen-bond acceptors (Lipinski definition) is 5. The van der Waals surface area contributed by atoms with E-state index in [-0.39, 0.29) is 11.5 Å². The predicted molar refractivity (Wildman–Crippen MR) is 80.1 cm³/mol. The molecule has 0 bridgehead atoms. The molecule has 0 aromatic heterocycles. The van der Waals surface area contributed by atoms with Crippen LogP contribution in [0.5, 0.6) is 0 Å². The zero-order valence-electron chi connectivity index (χ0n) is 9.94. The molecule has 0 N–H and O–H groups in total. The van der Waals surface area contributed by atoms with E-state index in [1.807, 2.05) is 0 Å². The van der Waals surface area contributed by atoms with Gasteiger partial charge in [-0.15, -0.1) is 23.5 Å². The lowest BCUT2D eigenvalue weighted by Gasteiger charge is -1.94. The molecule has 0 saturated carbocycles. The van der Waals surface area contributed by atoms with Gasteiger partial charge in [0.15, 0.2) is 5.78 Å². The van der Waals surface area contributed by atoms with E-state index in [1.54, 1.807) is 47.8 Å². The molecule has 0 amide bonds. The summed E-state index contributed by atoms with van der Waals surface area (Å²) in [5, 5.41) is 10.6. The van der Waals surface area contributed by atoms with Crippen molar-refractivity contribution in [3.8, 4) is 0 Å². The molecule has 0 spiro atoms. The zero-order chi connectivity index (χ0) is 13.7. The highest BCUT2D eigenvalue weighted by Crippen LogP contribution is 2.35. The van der Waals surface area contributed by atoms with Crippen molar-refractivity contribution in [2.75, 3.05) is 11.5 Å². The fourth-order valence-corrected chi connectivity index (χ4v) is 3.80. The first-order valence-electron chi connectivity index (χ1n) is 5.59. The van der Waals surface area contributed by atoms with Crippen LogP contribution in [0.25, 0.3) is 6.08 Å². The number of nitro benzene ring substituents is 1. The molecule has 1 heterocycles. The minimum absolute atomic E-state index is 0.0230. The van der Waals surface area contributed by atoms with E-state index >= 15 is 0 Å². The number of ketones is 1. The summed E-state index contributed by atoms with van der Waals surface area (Å²) in [5.41, 5.74) is 0.669. The van der Waals surface area contributed by atoms with Gasteiger partial charge in [0.05, 0.1) is 4.92 Å². The Morgan fingerprint density at radius 2 is 2.05 bits per heavy atom. The molecule has 0 aliphatic carbocycles. The molecular weight excluding hydrogens is 282 g/mol. The molecule has 1 aromatic carbocycles. The Labute approximate surface area is 119 Å². The topological polar surface area (TPSA) is 60.2 Å². The Morgan fingerprint density at radius 3 is 2.74 bits per heavy atom. The van der Waals surface area contributed by atoms with Crippen LogP contribution in [-0.2, 0) is 4.79 Å². The van der Waals surface area contributed by atoms with Gasteiger partial charge in [0.1, 0.15) is 0 Å². The molecule has 1 aliphatic rings. The van der Waals surface area contributed by atoms with Crippen LogP contribution in [0.15, 0.2) is 40.7 Å². The molecule has 0 unspecified atom stereocenters. The molecule has 98 valence electrons. The average molecular weight is 293 g/mol. The van der Waals surface area contributed by atoms with Gasteiger partial charge in [-0.1, -0.05) is 18.2 Å². The molecular formula is C13H11NO3S2. The smallest absolute Gasteiger partial charge is 0.270 e. The Balaban J connectivity index is 2.05. The summed E-state index contributed by atoms with van der Waals surface area (Å²) < 4.78 is 1.04. The SMILES string of the molecule is O=C(C=Cc1cccc([N+](=O)[O-])c1)C=C1SCCS1. The fraction of sp³-hybridized carbons (Fsp3) is 0.154. The summed E-state index contributed by atoms with van der Waals surface area (Å²) in [5.74, 6) is 1.99. The van der Waals surface area contributed by atoms with Crippen LogP contribution < -0.4 is 0 Å². The van der Waals surface area contributed by atoms with Gasteiger partial charge in [-0.2, -0.15) is 0 Å². The first-order valence-corrected chi connectivity index (χ1v) is 7.56. The van der Waals surface area contributed by atoms with E-state index in [0.717, 1.165) is 15.7 Å². The van der Waals surface area contributed by atoms with Crippen molar-refractivity contribution in [1.82, 2.24) is 0 Å². The summed E-state index contributed by atoms with van der Waals surface area (Å²) in [6, 6.07) is 6.19. The fourth-order valence-electron chi connectivity index (χ4n) is 1.49. The number of carbonyl (C=O) groups excluding carboxylic acids is 1. The highest BCUT2D eigenvalue weighted by Gasteiger charge is 2.09. The van der Waals surface area contributed by atoms with E-state index in [1.165, 1.54) is 18.2 Å². The van der Waals surface area contributed by atoms with E-state index in [2.05, 4.69) is 0 Å². The highest BCUT2D eigenvalue weighted by molar-refractivity contribution is 8.25. The third kappa shape index (κ3) is 4.25. The summed E-state index contributed by atoms with van der Waals surface area (Å²) in [7, 11) is 0. The van der Waals surface area contributed by atoms with Crippen molar-refractivity contribution in [3.05, 3.63) is 56.3 Å². The maximum atomic E-state index is 11.7. The van der Waals surface area contributed by atoms with Gasteiger partial charge in [-0.05, 0) is 11.6 Å². The van der Waals surface area contributed by atoms with E-state index in [9.17, 15) is 14.9 Å². The van der Waals surface area contributed by atoms with Crippen LogP contribution in [0.1, 0.15) is 5.56 Å². The van der Waals surface area contributed by atoms with E-state index < -0.39 is 4.92 Å². The molecule has 0 atom stereocenters. The number of rotatable bonds is 4. The van der Waals surface area contributed by atoms with Gasteiger partial charge >= 0.3 is 0 Å². The number of nitro groups is 1. The largest absolute Gasteiger partial charge is 0.290 e. The number of allylic oxidation sites excluding steroid dienone is 2. The summed E-state index contributed by atoms with van der Waals surface area (Å²) in [6.45, 7) is 0. The third-order valence-electron chi connectivity index (χ3n) is 2.35. The summed E-state index contributed by atoms with van der Waals surface area (Å²) in [4.78, 5) is 21.8. The maximum absolute atomic E-state index is 11.7. The second kappa shape index (κ2) is 6.58. The first-order chi connectivity index (χ1) is 9.15. The molecule has 1 aliphatic heterocycles. The van der Waals surface area contributed by atoms with Crippen LogP contribution in [0, 0.1) is 10.1 Å². The van der Waals surface area contributed by atoms with Crippen molar-refractivity contribution < 1.29 is 9.72 Å². The standard InChI is InChI=1S/C13H11NO3S2/c15-12(9-13-18-6-7-19-13)5-4-10-2-1-3-11(8-10)14(16)17/h1-5,8-9H,6-7H2. The number of carbonyl (C=O) groups is 1. The zero-order valence-corrected chi connectivity index (χ0v) is 11.6. The van der Waals surface area contributed by atoms with Gasteiger partial charge in [0.25, 0.3) is 5.69 Å². The lowest BCUT2D eigenvalue weighted by Crippen LogP contribution is -1.88. The number of hydrogen-bond donors (Lipinski definition) is 0. The molecule has 1 aromatic rings. The lowest BCUT2D eigenvalue weighted by atomic mass is 10.2. The van der Waals surface area contributed by atoms with Crippen molar-refractivity contribution in [1.29, 1.82) is 0 Å². The molecule has 1 saturated heterocycles. The first kappa shape index (κ1) is 13.9. The van der Waals surface area contributed by atoms with Gasteiger partial charge in [-0.3, -0.25) is 14.9 Å². The van der Waals surface area contributed by atoms with Gasteiger partial charge < -0.3 is 0 Å². The monoisotopic (exact) mass is 293 g/mol. The number of non-ortho nitro benzene ring substituents is 1. The van der Waals surface area contributed by atoms with Gasteiger partial charge in [0, 0.05) is 34.0 Å². The van der Waals surface area contributed by atoms with Gasteiger partial charge in [0.2, 0.25) is 0 Å². The molecule has 19 heavy (non-hydrogen) atoms. The Morgan fingerprint density at radius 1 is 1.32 bits per heavy atom. The quantitative estimate of drug-likeness (QED) is 0.483. The third-order valence-corrected chi connectivity index (χ3v) is 4.94. The van der Waals surface area contributed by atoms with Crippen molar-refractivity contribution in [2.24, 2.45) is 0 Å². The van der Waals surface area contributed by atoms with Crippen molar-refractivity contribution in [3.63, 3.8) is 0 Å². The van der Waals surface area contributed by atoms with Gasteiger partial charge in [-0.25, -0.2) is 0 Å². The van der Waals surface area contributed by atoms with E-state index in [0.29, 0.717) is 5.56 Å². The van der Waals surface area contributed by atoms with Crippen molar-refractivity contribution >= 4 is 41.1 Å². The average Bonchev–Trinajstić information content (AvgIpc) is 2.89. The van der Waals surface area contributed by atoms with E-state index in [4.69, 9.17) is 0 Å². The predicted octanol–water partition coefficient (Wildman–Crippen LogP) is 3.50. The second-order valence-corrected chi connectivity index (χ2v) is 6.28. The van der Waals surface area contributed by atoms with Crippen LogP contribution >= 0.6 is 23.5 Å². The number of nitrogens with zero attached hydrogens (tertiary/aromatic N) is 1. The summed E-state index contributed by atoms with van der Waals surface area (Å²) >= 11 is 3.36. The highest BCUT2D eigenvalue weighted by atomic mass is 32.2. The maximum Gasteiger partial charge on any atom is 0.270 e. The van der Waals surface area contributed by atoms with Crippen molar-refractivity contribution in [2.45, 2.75) is 0 Å². The Kier molecular flexibility index (Phi) is 4.81. The number of thioether (sulfide) groups is 2. The number of benzene rings is 1. The van der Waals surface area contributed by atoms with Crippen LogP contribution in [-0.4, -0.2) is 22.2 Å². The normalized spacial score (nSPS) is 14.8. The molecule has 1 fully saturated rings. The Bertz CT molecular complexity index is 559. The lowest BCUT2D eigenvalue weighted by molar-refractivity contribution is -0.384. The van der Waals surface area contributed by atoms with Crippen LogP contribution in [0.4, 0.5) is 5.69 Å². The Hall–Kier alpha value is -1.53. The molecule has 2 rings (SSSR count). The second-order valence-electron chi connectivity index (χ2n) is 3.75. The molecule has 4 nitrogen and oxygen atoms in total. The minimum Gasteiger partial charge on any atom is -0.290 e.